The summed E-state index contributed by atoms with van der Waals surface area (Å²) >= 11 is 0. The third-order valence-electron chi connectivity index (χ3n) is 9.83. The third kappa shape index (κ3) is 8.91. The molecule has 2 unspecified atom stereocenters. The van der Waals surface area contributed by atoms with Crippen molar-refractivity contribution >= 4 is 11.9 Å². The minimum Gasteiger partial charge on any atom is -0.491 e. The van der Waals surface area contributed by atoms with Crippen LogP contribution in [0.2, 0.25) is 0 Å². The van der Waals surface area contributed by atoms with Crippen LogP contribution < -0.4 is 18.9 Å². The van der Waals surface area contributed by atoms with Gasteiger partial charge in [0.05, 0.1) is 11.5 Å². The van der Waals surface area contributed by atoms with Gasteiger partial charge in [-0.15, -0.1) is 0 Å². The first-order chi connectivity index (χ1) is 23.1. The number of esters is 2. The maximum atomic E-state index is 13.6. The molecule has 0 aliphatic rings. The minimum atomic E-state index is -0.879. The van der Waals surface area contributed by atoms with Crippen LogP contribution in [0.25, 0.3) is 11.1 Å². The Morgan fingerprint density at radius 2 is 0.918 bits per heavy atom. The fraction of sp³-hybridized carbons (Fsp3) is 0.395. The quantitative estimate of drug-likeness (QED) is 0.0987. The SMILES string of the molecule is CCC(C)(C)C(=O)Oc1ccc(-c2ccc(OC(C)C(C)(CC)C(=O)Oc3ccc(C(C)(C)c4ccc(OC(C)C)cc4)cc3)cc2)cc1. The third-order valence-corrected chi connectivity index (χ3v) is 9.83. The zero-order valence-electron chi connectivity index (χ0n) is 30.8. The first-order valence-corrected chi connectivity index (χ1v) is 17.3. The predicted octanol–water partition coefficient (Wildman–Crippen LogP) is 10.6. The van der Waals surface area contributed by atoms with E-state index < -0.39 is 16.9 Å². The van der Waals surface area contributed by atoms with Gasteiger partial charge in [-0.3, -0.25) is 9.59 Å². The van der Waals surface area contributed by atoms with Gasteiger partial charge in [0.15, 0.2) is 0 Å². The standard InChI is InChI=1S/C43H52O6/c1-11-41(6,7)39(44)48-37-23-15-32(16-24-37)31-13-21-36(22-14-31)47-30(5)43(10,12-2)40(45)49-38-27-19-34(20-28-38)42(8,9)33-17-25-35(26-18-33)46-29(3)4/h13-30H,11-12H2,1-10H3. The highest BCUT2D eigenvalue weighted by molar-refractivity contribution is 5.80. The van der Waals surface area contributed by atoms with Gasteiger partial charge in [0.2, 0.25) is 0 Å². The molecule has 0 heterocycles. The van der Waals surface area contributed by atoms with E-state index in [9.17, 15) is 9.59 Å². The molecule has 0 aliphatic heterocycles. The highest BCUT2D eigenvalue weighted by Crippen LogP contribution is 2.36. The average Bonchev–Trinajstić information content (AvgIpc) is 3.08. The van der Waals surface area contributed by atoms with Crippen LogP contribution in [-0.2, 0) is 15.0 Å². The Morgan fingerprint density at radius 3 is 1.35 bits per heavy atom. The lowest BCUT2D eigenvalue weighted by Crippen LogP contribution is -2.43. The second kappa shape index (κ2) is 15.3. The van der Waals surface area contributed by atoms with Crippen molar-refractivity contribution < 1.29 is 28.5 Å². The molecule has 0 saturated carbocycles. The van der Waals surface area contributed by atoms with E-state index in [0.29, 0.717) is 30.1 Å². The van der Waals surface area contributed by atoms with Crippen LogP contribution in [0, 0.1) is 10.8 Å². The van der Waals surface area contributed by atoms with Crippen molar-refractivity contribution in [2.24, 2.45) is 10.8 Å². The van der Waals surface area contributed by atoms with Crippen LogP contribution in [0.4, 0.5) is 0 Å². The van der Waals surface area contributed by atoms with Crippen LogP contribution in [0.15, 0.2) is 97.1 Å². The predicted molar refractivity (Wildman–Crippen MR) is 196 cm³/mol. The molecule has 0 amide bonds. The van der Waals surface area contributed by atoms with Crippen LogP contribution in [0.5, 0.6) is 23.0 Å². The molecular weight excluding hydrogens is 612 g/mol. The van der Waals surface area contributed by atoms with Crippen molar-refractivity contribution in [3.05, 3.63) is 108 Å². The molecule has 6 nitrogen and oxygen atoms in total. The molecule has 0 radical (unpaired) electrons. The normalized spacial score (nSPS) is 13.7. The summed E-state index contributed by atoms with van der Waals surface area (Å²) in [6, 6.07) is 31.2. The molecule has 0 aromatic heterocycles. The summed E-state index contributed by atoms with van der Waals surface area (Å²) in [6.07, 6.45) is 0.922. The molecular formula is C43H52O6. The zero-order chi connectivity index (χ0) is 36.0. The molecule has 6 heteroatoms. The van der Waals surface area contributed by atoms with E-state index in [1.807, 2.05) is 128 Å². The fourth-order valence-corrected chi connectivity index (χ4v) is 5.32. The Morgan fingerprint density at radius 1 is 0.531 bits per heavy atom. The molecule has 4 aromatic rings. The molecule has 0 spiro atoms. The Kier molecular flexibility index (Phi) is 11.6. The van der Waals surface area contributed by atoms with E-state index in [4.69, 9.17) is 18.9 Å². The zero-order valence-corrected chi connectivity index (χ0v) is 30.8. The van der Waals surface area contributed by atoms with Crippen molar-refractivity contribution in [2.45, 2.75) is 99.7 Å². The molecule has 0 bridgehead atoms. The maximum absolute atomic E-state index is 13.6. The van der Waals surface area contributed by atoms with Crippen LogP contribution >= 0.6 is 0 Å². The molecule has 0 fully saturated rings. The number of carbonyl (C=O) groups excluding carboxylic acids is 2. The van der Waals surface area contributed by atoms with Crippen molar-refractivity contribution in [1.82, 2.24) is 0 Å². The van der Waals surface area contributed by atoms with Gasteiger partial charge in [-0.05, 0) is 125 Å². The fourth-order valence-electron chi connectivity index (χ4n) is 5.32. The highest BCUT2D eigenvalue weighted by atomic mass is 16.5. The summed E-state index contributed by atoms with van der Waals surface area (Å²) < 4.78 is 23.6. The number of hydrogen-bond acceptors (Lipinski definition) is 6. The molecule has 0 aliphatic carbocycles. The van der Waals surface area contributed by atoms with Crippen LogP contribution in [0.3, 0.4) is 0 Å². The van der Waals surface area contributed by atoms with Crippen molar-refractivity contribution in [3.63, 3.8) is 0 Å². The topological polar surface area (TPSA) is 71.1 Å². The maximum Gasteiger partial charge on any atom is 0.320 e. The molecule has 4 aromatic carbocycles. The Balaban J connectivity index is 1.38. The summed E-state index contributed by atoms with van der Waals surface area (Å²) in [4.78, 5) is 26.0. The second-order valence-electron chi connectivity index (χ2n) is 14.4. The number of rotatable bonds is 14. The first-order valence-electron chi connectivity index (χ1n) is 17.3. The molecule has 0 saturated heterocycles. The number of hydrogen-bond donors (Lipinski definition) is 0. The van der Waals surface area contributed by atoms with Crippen LogP contribution in [-0.4, -0.2) is 24.1 Å². The second-order valence-corrected chi connectivity index (χ2v) is 14.4. The molecule has 260 valence electrons. The van der Waals surface area contributed by atoms with Gasteiger partial charge in [-0.2, -0.15) is 0 Å². The Bertz CT molecular complexity index is 1680. The average molecular weight is 665 g/mol. The molecule has 49 heavy (non-hydrogen) atoms. The minimum absolute atomic E-state index is 0.125. The van der Waals surface area contributed by atoms with Crippen molar-refractivity contribution in [2.75, 3.05) is 0 Å². The van der Waals surface area contributed by atoms with Gasteiger partial charge in [0, 0.05) is 5.41 Å². The van der Waals surface area contributed by atoms with Gasteiger partial charge in [-0.25, -0.2) is 0 Å². The van der Waals surface area contributed by atoms with Crippen molar-refractivity contribution in [1.29, 1.82) is 0 Å². The number of carbonyl (C=O) groups is 2. The Hall–Kier alpha value is -4.58. The summed E-state index contributed by atoms with van der Waals surface area (Å²) in [6.45, 7) is 19.9. The first kappa shape index (κ1) is 37.2. The largest absolute Gasteiger partial charge is 0.491 e. The van der Waals surface area contributed by atoms with Gasteiger partial charge < -0.3 is 18.9 Å². The highest BCUT2D eigenvalue weighted by Gasteiger charge is 2.41. The van der Waals surface area contributed by atoms with Gasteiger partial charge in [-0.1, -0.05) is 76.2 Å². The van der Waals surface area contributed by atoms with E-state index in [-0.39, 0.29) is 23.5 Å². The number of benzene rings is 4. The smallest absolute Gasteiger partial charge is 0.320 e. The summed E-state index contributed by atoms with van der Waals surface area (Å²) in [5.74, 6) is 1.95. The van der Waals surface area contributed by atoms with E-state index in [0.717, 1.165) is 28.0 Å². The lowest BCUT2D eigenvalue weighted by Gasteiger charge is -2.32. The molecule has 0 N–H and O–H groups in total. The van der Waals surface area contributed by atoms with Gasteiger partial charge >= 0.3 is 11.9 Å². The summed E-state index contributed by atoms with van der Waals surface area (Å²) in [7, 11) is 0. The summed E-state index contributed by atoms with van der Waals surface area (Å²) in [5.41, 5.74) is 2.59. The van der Waals surface area contributed by atoms with E-state index >= 15 is 0 Å². The van der Waals surface area contributed by atoms with E-state index in [1.165, 1.54) is 0 Å². The monoisotopic (exact) mass is 664 g/mol. The van der Waals surface area contributed by atoms with Gasteiger partial charge in [0.1, 0.15) is 34.5 Å². The van der Waals surface area contributed by atoms with E-state index in [1.54, 1.807) is 12.1 Å². The van der Waals surface area contributed by atoms with E-state index in [2.05, 4.69) is 26.0 Å². The lowest BCUT2D eigenvalue weighted by atomic mass is 9.78. The number of ether oxygens (including phenoxy) is 4. The molecule has 2 atom stereocenters. The Labute approximate surface area is 292 Å². The lowest BCUT2D eigenvalue weighted by molar-refractivity contribution is -0.150. The van der Waals surface area contributed by atoms with Crippen molar-refractivity contribution in [3.8, 4) is 34.1 Å². The molecule has 4 rings (SSSR count). The van der Waals surface area contributed by atoms with Crippen LogP contribution in [0.1, 0.15) is 93.2 Å². The summed E-state index contributed by atoms with van der Waals surface area (Å²) in [5, 5.41) is 0. The van der Waals surface area contributed by atoms with Gasteiger partial charge in [0.25, 0.3) is 0 Å².